The highest BCUT2D eigenvalue weighted by molar-refractivity contribution is 4.83. The molecule has 4 nitrogen and oxygen atoms in total. The highest BCUT2D eigenvalue weighted by Gasteiger charge is 2.24. The zero-order valence-corrected chi connectivity index (χ0v) is 8.98. The van der Waals surface area contributed by atoms with Crippen LogP contribution in [-0.2, 0) is 4.74 Å². The second kappa shape index (κ2) is 6.35. The number of nitrogens with two attached hydrogens (primary N) is 1. The molecule has 0 aromatic rings. The van der Waals surface area contributed by atoms with Gasteiger partial charge in [-0.1, -0.05) is 13.3 Å². The summed E-state index contributed by atoms with van der Waals surface area (Å²) in [5.41, 5.74) is 5.63. The van der Waals surface area contributed by atoms with E-state index in [1.54, 1.807) is 0 Å². The molecule has 1 rings (SSSR count). The van der Waals surface area contributed by atoms with Gasteiger partial charge in [-0.05, 0) is 6.42 Å². The van der Waals surface area contributed by atoms with Crippen molar-refractivity contribution in [1.82, 2.24) is 4.90 Å². The maximum absolute atomic E-state index is 9.56. The molecule has 0 aromatic heterocycles. The van der Waals surface area contributed by atoms with Gasteiger partial charge in [0, 0.05) is 32.3 Å². The van der Waals surface area contributed by atoms with Gasteiger partial charge in [0.25, 0.3) is 0 Å². The van der Waals surface area contributed by atoms with Gasteiger partial charge in [-0.2, -0.15) is 0 Å². The molecule has 1 aliphatic rings. The fourth-order valence-electron chi connectivity index (χ4n) is 1.58. The Bertz CT molecular complexity index is 149. The van der Waals surface area contributed by atoms with Gasteiger partial charge >= 0.3 is 0 Å². The molecule has 4 heteroatoms. The Morgan fingerprint density at radius 1 is 1.57 bits per heavy atom. The predicted octanol–water partition coefficient (Wildman–Crippen LogP) is -0.193. The molecule has 0 amide bonds. The van der Waals surface area contributed by atoms with Gasteiger partial charge in [-0.15, -0.1) is 0 Å². The van der Waals surface area contributed by atoms with E-state index in [0.717, 1.165) is 32.5 Å². The van der Waals surface area contributed by atoms with Crippen LogP contribution in [0, 0.1) is 0 Å². The lowest BCUT2D eigenvalue weighted by Crippen LogP contribution is -2.57. The first kappa shape index (κ1) is 11.9. The molecule has 14 heavy (non-hydrogen) atoms. The van der Waals surface area contributed by atoms with E-state index in [1.165, 1.54) is 0 Å². The summed E-state index contributed by atoms with van der Waals surface area (Å²) in [4.78, 5) is 2.15. The standard InChI is InChI=1S/C10H22N2O2/c1-2-3-4-14-8-10(13)7-12-5-9(11)6-12/h9-10,13H,2-8,11H2,1H3. The van der Waals surface area contributed by atoms with Crippen molar-refractivity contribution in [3.8, 4) is 0 Å². The zero-order valence-electron chi connectivity index (χ0n) is 8.98. The largest absolute Gasteiger partial charge is 0.389 e. The first-order chi connectivity index (χ1) is 6.72. The lowest BCUT2D eigenvalue weighted by molar-refractivity contribution is 0.000561. The van der Waals surface area contributed by atoms with Gasteiger partial charge in [0.15, 0.2) is 0 Å². The summed E-state index contributed by atoms with van der Waals surface area (Å²) in [7, 11) is 0. The molecule has 0 saturated carbocycles. The number of β-amino-alcohol motifs (C(OH)–C–C–N with tert-alkyl or cyclic N) is 1. The lowest BCUT2D eigenvalue weighted by atomic mass is 10.1. The van der Waals surface area contributed by atoms with Crippen molar-refractivity contribution in [1.29, 1.82) is 0 Å². The van der Waals surface area contributed by atoms with Crippen LogP contribution in [0.25, 0.3) is 0 Å². The molecule has 1 aliphatic heterocycles. The topological polar surface area (TPSA) is 58.7 Å². The van der Waals surface area contributed by atoms with Crippen LogP contribution in [0.15, 0.2) is 0 Å². The van der Waals surface area contributed by atoms with E-state index < -0.39 is 0 Å². The molecule has 1 unspecified atom stereocenters. The quantitative estimate of drug-likeness (QED) is 0.562. The summed E-state index contributed by atoms with van der Waals surface area (Å²) >= 11 is 0. The Morgan fingerprint density at radius 3 is 2.86 bits per heavy atom. The molecule has 1 saturated heterocycles. The van der Waals surface area contributed by atoms with E-state index in [9.17, 15) is 5.11 Å². The predicted molar refractivity (Wildman–Crippen MR) is 56.1 cm³/mol. The number of nitrogens with zero attached hydrogens (tertiary/aromatic N) is 1. The number of ether oxygens (including phenoxy) is 1. The van der Waals surface area contributed by atoms with Crippen molar-refractivity contribution >= 4 is 0 Å². The lowest BCUT2D eigenvalue weighted by Gasteiger charge is -2.37. The summed E-state index contributed by atoms with van der Waals surface area (Å²) in [5.74, 6) is 0. The molecule has 0 aliphatic carbocycles. The van der Waals surface area contributed by atoms with E-state index in [2.05, 4.69) is 11.8 Å². The maximum atomic E-state index is 9.56. The third-order valence-electron chi connectivity index (χ3n) is 2.41. The van der Waals surface area contributed by atoms with Gasteiger partial charge in [0.2, 0.25) is 0 Å². The summed E-state index contributed by atoms with van der Waals surface area (Å²) < 4.78 is 5.32. The molecule has 0 spiro atoms. The maximum Gasteiger partial charge on any atom is 0.0900 e. The monoisotopic (exact) mass is 202 g/mol. The number of likely N-dealkylation sites (tertiary alicyclic amines) is 1. The summed E-state index contributed by atoms with van der Waals surface area (Å²) in [6.07, 6.45) is 1.85. The van der Waals surface area contributed by atoms with Gasteiger partial charge in [0.1, 0.15) is 0 Å². The Labute approximate surface area is 86.0 Å². The number of aliphatic hydroxyl groups excluding tert-OH is 1. The molecule has 0 aromatic carbocycles. The molecule has 0 bridgehead atoms. The molecule has 3 N–H and O–H groups in total. The van der Waals surface area contributed by atoms with E-state index in [1.807, 2.05) is 0 Å². The zero-order chi connectivity index (χ0) is 10.4. The highest BCUT2D eigenvalue weighted by atomic mass is 16.5. The Kier molecular flexibility index (Phi) is 5.40. The Balaban J connectivity index is 1.91. The fourth-order valence-corrected chi connectivity index (χ4v) is 1.58. The first-order valence-electron chi connectivity index (χ1n) is 5.46. The Hall–Kier alpha value is -0.160. The molecule has 0 radical (unpaired) electrons. The van der Waals surface area contributed by atoms with Crippen LogP contribution >= 0.6 is 0 Å². The van der Waals surface area contributed by atoms with E-state index in [-0.39, 0.29) is 6.10 Å². The SMILES string of the molecule is CCCCOCC(O)CN1CC(N)C1. The summed E-state index contributed by atoms with van der Waals surface area (Å²) in [6, 6.07) is 0.309. The molecule has 1 heterocycles. The highest BCUT2D eigenvalue weighted by Crippen LogP contribution is 2.05. The third kappa shape index (κ3) is 4.37. The average Bonchev–Trinajstić information content (AvgIpc) is 2.10. The minimum atomic E-state index is -0.362. The molecule has 84 valence electrons. The summed E-state index contributed by atoms with van der Waals surface area (Å²) in [6.45, 7) is 5.85. The normalized spacial score (nSPS) is 20.8. The first-order valence-corrected chi connectivity index (χ1v) is 5.46. The van der Waals surface area contributed by atoms with E-state index in [4.69, 9.17) is 10.5 Å². The van der Waals surface area contributed by atoms with Crippen LogP contribution in [-0.4, -0.2) is 55.0 Å². The van der Waals surface area contributed by atoms with Crippen molar-refractivity contribution in [2.75, 3.05) is 32.8 Å². The van der Waals surface area contributed by atoms with Crippen molar-refractivity contribution in [2.24, 2.45) is 5.73 Å². The Morgan fingerprint density at radius 2 is 2.29 bits per heavy atom. The number of hydrogen-bond donors (Lipinski definition) is 2. The van der Waals surface area contributed by atoms with Crippen LogP contribution in [0.4, 0.5) is 0 Å². The van der Waals surface area contributed by atoms with E-state index in [0.29, 0.717) is 19.2 Å². The van der Waals surface area contributed by atoms with Crippen molar-refractivity contribution in [3.63, 3.8) is 0 Å². The van der Waals surface area contributed by atoms with Crippen LogP contribution in [0.2, 0.25) is 0 Å². The smallest absolute Gasteiger partial charge is 0.0900 e. The number of hydrogen-bond acceptors (Lipinski definition) is 4. The number of rotatable bonds is 7. The van der Waals surface area contributed by atoms with Gasteiger partial charge in [-0.3, -0.25) is 4.90 Å². The van der Waals surface area contributed by atoms with Crippen molar-refractivity contribution in [2.45, 2.75) is 31.9 Å². The van der Waals surface area contributed by atoms with Gasteiger partial charge in [0.05, 0.1) is 12.7 Å². The van der Waals surface area contributed by atoms with Gasteiger partial charge < -0.3 is 15.6 Å². The average molecular weight is 202 g/mol. The van der Waals surface area contributed by atoms with Gasteiger partial charge in [-0.25, -0.2) is 0 Å². The van der Waals surface area contributed by atoms with Crippen LogP contribution in [0.1, 0.15) is 19.8 Å². The van der Waals surface area contributed by atoms with Crippen LogP contribution in [0.5, 0.6) is 0 Å². The third-order valence-corrected chi connectivity index (χ3v) is 2.41. The second-order valence-corrected chi connectivity index (χ2v) is 4.06. The van der Waals surface area contributed by atoms with Crippen molar-refractivity contribution in [3.05, 3.63) is 0 Å². The molecule has 1 fully saturated rings. The molecule has 1 atom stereocenters. The fraction of sp³-hybridized carbons (Fsp3) is 1.00. The second-order valence-electron chi connectivity index (χ2n) is 4.06. The minimum absolute atomic E-state index is 0.309. The minimum Gasteiger partial charge on any atom is -0.389 e. The van der Waals surface area contributed by atoms with E-state index >= 15 is 0 Å². The molecular weight excluding hydrogens is 180 g/mol. The van der Waals surface area contributed by atoms with Crippen LogP contribution in [0.3, 0.4) is 0 Å². The number of aliphatic hydroxyl groups is 1. The van der Waals surface area contributed by atoms with Crippen molar-refractivity contribution < 1.29 is 9.84 Å². The van der Waals surface area contributed by atoms with Crippen LogP contribution < -0.4 is 5.73 Å². The summed E-state index contributed by atoms with van der Waals surface area (Å²) in [5, 5.41) is 9.56. The number of unbranched alkanes of at least 4 members (excludes halogenated alkanes) is 1. The molecular formula is C10H22N2O2.